The van der Waals surface area contributed by atoms with Gasteiger partial charge in [-0.1, -0.05) is 7.43 Å². The largest absolute Gasteiger partial charge is 0.343 e. The number of carbonyl (C=O) groups is 2. The molecule has 1 aliphatic heterocycles. The lowest BCUT2D eigenvalue weighted by Crippen LogP contribution is -2.47. The molecular formula is C20H25F2N3O2S. The molecule has 1 fully saturated rings. The molecule has 1 aliphatic rings. The number of benzene rings is 1. The van der Waals surface area contributed by atoms with Gasteiger partial charge in [0.05, 0.1) is 5.00 Å². The van der Waals surface area contributed by atoms with Crippen LogP contribution in [0, 0.1) is 11.6 Å². The summed E-state index contributed by atoms with van der Waals surface area (Å²) >= 11 is 1.26. The van der Waals surface area contributed by atoms with Crippen molar-refractivity contribution in [3.63, 3.8) is 0 Å². The molecule has 0 unspecified atom stereocenters. The van der Waals surface area contributed by atoms with Crippen LogP contribution < -0.4 is 5.32 Å². The van der Waals surface area contributed by atoms with Crippen LogP contribution in [-0.2, 0) is 4.79 Å². The summed E-state index contributed by atoms with van der Waals surface area (Å²) in [4.78, 5) is 28.0. The van der Waals surface area contributed by atoms with Crippen LogP contribution in [0.5, 0.6) is 0 Å². The van der Waals surface area contributed by atoms with Gasteiger partial charge in [0.1, 0.15) is 11.6 Å². The van der Waals surface area contributed by atoms with Crippen LogP contribution in [0.2, 0.25) is 0 Å². The van der Waals surface area contributed by atoms with Crippen LogP contribution >= 0.6 is 11.3 Å². The summed E-state index contributed by atoms with van der Waals surface area (Å²) < 4.78 is 26.8. The third kappa shape index (κ3) is 5.07. The van der Waals surface area contributed by atoms with E-state index in [4.69, 9.17) is 0 Å². The molecule has 1 N–H and O–H groups in total. The first-order valence-electron chi connectivity index (χ1n) is 8.69. The van der Waals surface area contributed by atoms with Crippen molar-refractivity contribution >= 4 is 28.3 Å². The number of halogens is 2. The van der Waals surface area contributed by atoms with E-state index in [0.717, 1.165) is 18.9 Å². The Morgan fingerprint density at radius 2 is 1.75 bits per heavy atom. The van der Waals surface area contributed by atoms with Gasteiger partial charge in [-0.15, -0.1) is 11.3 Å². The fourth-order valence-corrected chi connectivity index (χ4v) is 4.07. The molecule has 0 radical (unpaired) electrons. The van der Waals surface area contributed by atoms with E-state index >= 15 is 0 Å². The molecule has 0 saturated carbocycles. The van der Waals surface area contributed by atoms with Crippen LogP contribution in [0.1, 0.15) is 27.2 Å². The summed E-state index contributed by atoms with van der Waals surface area (Å²) in [6.07, 6.45) is 1.48. The predicted molar refractivity (Wildman–Crippen MR) is 108 cm³/mol. The van der Waals surface area contributed by atoms with Gasteiger partial charge < -0.3 is 9.80 Å². The second-order valence-electron chi connectivity index (χ2n) is 6.60. The van der Waals surface area contributed by atoms with E-state index in [2.05, 4.69) is 5.32 Å². The molecule has 5 nitrogen and oxygen atoms in total. The van der Waals surface area contributed by atoms with Gasteiger partial charge in [0.2, 0.25) is 5.91 Å². The Morgan fingerprint density at radius 3 is 2.32 bits per heavy atom. The van der Waals surface area contributed by atoms with Crippen LogP contribution in [0.3, 0.4) is 0 Å². The highest BCUT2D eigenvalue weighted by molar-refractivity contribution is 7.19. The number of anilines is 1. The third-order valence-electron chi connectivity index (χ3n) is 4.76. The maximum atomic E-state index is 13.4. The quantitative estimate of drug-likeness (QED) is 0.791. The number of likely N-dealkylation sites (tertiary alicyclic amines) is 1. The van der Waals surface area contributed by atoms with Gasteiger partial charge in [-0.3, -0.25) is 10.1 Å². The highest BCUT2D eigenvalue weighted by Gasteiger charge is 2.26. The van der Waals surface area contributed by atoms with Gasteiger partial charge in [0.15, 0.2) is 0 Å². The van der Waals surface area contributed by atoms with Crippen molar-refractivity contribution in [2.75, 3.05) is 25.5 Å². The Kier molecular flexibility index (Phi) is 7.12. The average Bonchev–Trinajstić information content (AvgIpc) is 3.09. The molecule has 1 aromatic carbocycles. The maximum Gasteiger partial charge on any atom is 0.322 e. The number of rotatable bonds is 3. The fourth-order valence-electron chi connectivity index (χ4n) is 3.18. The van der Waals surface area contributed by atoms with Gasteiger partial charge in [-0.25, -0.2) is 13.6 Å². The molecule has 1 aromatic heterocycles. The maximum absolute atomic E-state index is 13.4. The molecule has 0 aliphatic carbocycles. The second kappa shape index (κ2) is 9.14. The average molecular weight is 410 g/mol. The normalized spacial score (nSPS) is 14.4. The Morgan fingerprint density at radius 1 is 1.14 bits per heavy atom. The first-order chi connectivity index (χ1) is 12.8. The standard InChI is InChI=1S/C19H21F2N3O2S.CH4/c1-12(25)24-7-5-16(6-8-24)23(2)19(26)22-18-4-3-17(27-18)13-9-14(20)11-15(21)10-13;/h3-4,9-11,16H,5-8H2,1-2H3,(H,22,26);1H4. The highest BCUT2D eigenvalue weighted by Crippen LogP contribution is 2.32. The second-order valence-corrected chi connectivity index (χ2v) is 7.68. The van der Waals surface area contributed by atoms with E-state index < -0.39 is 11.6 Å². The molecule has 3 rings (SSSR count). The topological polar surface area (TPSA) is 52.7 Å². The molecule has 2 heterocycles. The lowest BCUT2D eigenvalue weighted by Gasteiger charge is -2.36. The number of urea groups is 1. The summed E-state index contributed by atoms with van der Waals surface area (Å²) in [5.41, 5.74) is 0.433. The minimum atomic E-state index is -0.638. The number of carbonyl (C=O) groups excluding carboxylic acids is 2. The summed E-state index contributed by atoms with van der Waals surface area (Å²) in [7, 11) is 1.74. The SMILES string of the molecule is C.CC(=O)N1CCC(N(C)C(=O)Nc2ccc(-c3cc(F)cc(F)c3)s2)CC1. The number of hydrogen-bond donors (Lipinski definition) is 1. The monoisotopic (exact) mass is 409 g/mol. The molecule has 2 aromatic rings. The minimum absolute atomic E-state index is 0. The lowest BCUT2D eigenvalue weighted by atomic mass is 10.0. The Bertz CT molecular complexity index is 827. The van der Waals surface area contributed by atoms with E-state index in [1.165, 1.54) is 23.5 Å². The molecule has 28 heavy (non-hydrogen) atoms. The van der Waals surface area contributed by atoms with Crippen molar-refractivity contribution in [3.8, 4) is 10.4 Å². The summed E-state index contributed by atoms with van der Waals surface area (Å²) in [6, 6.07) is 6.61. The third-order valence-corrected chi connectivity index (χ3v) is 5.81. The van der Waals surface area contributed by atoms with Crippen molar-refractivity contribution in [2.24, 2.45) is 0 Å². The van der Waals surface area contributed by atoms with Gasteiger partial charge in [0, 0.05) is 44.0 Å². The van der Waals surface area contributed by atoms with Gasteiger partial charge in [-0.2, -0.15) is 0 Å². The van der Waals surface area contributed by atoms with Gasteiger partial charge in [-0.05, 0) is 42.7 Å². The summed E-state index contributed by atoms with van der Waals surface area (Å²) in [6.45, 7) is 2.84. The molecule has 152 valence electrons. The van der Waals surface area contributed by atoms with Gasteiger partial charge >= 0.3 is 6.03 Å². The molecule has 0 spiro atoms. The number of hydrogen-bond acceptors (Lipinski definition) is 3. The molecule has 0 bridgehead atoms. The molecule has 8 heteroatoms. The van der Waals surface area contributed by atoms with E-state index in [1.54, 1.807) is 35.9 Å². The number of amides is 3. The Hall–Kier alpha value is -2.48. The van der Waals surface area contributed by atoms with Crippen molar-refractivity contribution in [1.82, 2.24) is 9.80 Å². The Labute approximate surface area is 168 Å². The molecule has 3 amide bonds. The molecule has 1 saturated heterocycles. The number of piperidine rings is 1. The summed E-state index contributed by atoms with van der Waals surface area (Å²) in [5, 5.41) is 3.43. The van der Waals surface area contributed by atoms with Gasteiger partial charge in [0.25, 0.3) is 0 Å². The van der Waals surface area contributed by atoms with E-state index in [9.17, 15) is 18.4 Å². The van der Waals surface area contributed by atoms with Crippen LogP contribution in [-0.4, -0.2) is 47.9 Å². The first-order valence-corrected chi connectivity index (χ1v) is 9.51. The van der Waals surface area contributed by atoms with E-state index in [1.807, 2.05) is 0 Å². The smallest absolute Gasteiger partial charge is 0.322 e. The zero-order valence-corrected chi connectivity index (χ0v) is 16.0. The van der Waals surface area contributed by atoms with Crippen molar-refractivity contribution in [1.29, 1.82) is 0 Å². The number of nitrogens with one attached hydrogen (secondary N) is 1. The van der Waals surface area contributed by atoms with Crippen LogP contribution in [0.25, 0.3) is 10.4 Å². The highest BCUT2D eigenvalue weighted by atomic mass is 32.1. The molecular weight excluding hydrogens is 384 g/mol. The van der Waals surface area contributed by atoms with Crippen molar-refractivity contribution < 1.29 is 18.4 Å². The Balaban J connectivity index is 0.00000280. The van der Waals surface area contributed by atoms with Crippen molar-refractivity contribution in [2.45, 2.75) is 33.2 Å². The lowest BCUT2D eigenvalue weighted by molar-refractivity contribution is -0.130. The fraction of sp³-hybridized carbons (Fsp3) is 0.400. The van der Waals surface area contributed by atoms with E-state index in [-0.39, 0.29) is 25.4 Å². The first kappa shape index (κ1) is 21.8. The van der Waals surface area contributed by atoms with Crippen LogP contribution in [0.15, 0.2) is 30.3 Å². The molecule has 0 atom stereocenters. The predicted octanol–water partition coefficient (Wildman–Crippen LogP) is 4.80. The van der Waals surface area contributed by atoms with Crippen LogP contribution in [0.4, 0.5) is 18.6 Å². The number of thiophene rings is 1. The zero-order valence-electron chi connectivity index (χ0n) is 15.2. The zero-order chi connectivity index (χ0) is 19.6. The van der Waals surface area contributed by atoms with Crippen molar-refractivity contribution in [3.05, 3.63) is 42.0 Å². The number of nitrogens with zero attached hydrogens (tertiary/aromatic N) is 2. The summed E-state index contributed by atoms with van der Waals surface area (Å²) in [5.74, 6) is -1.22. The minimum Gasteiger partial charge on any atom is -0.343 e. The van der Waals surface area contributed by atoms with E-state index in [0.29, 0.717) is 28.5 Å².